The number of carbonyl (C=O) groups excluding carboxylic acids is 1. The molecule has 1 amide bonds. The van der Waals surface area contributed by atoms with E-state index in [0.29, 0.717) is 21.6 Å². The van der Waals surface area contributed by atoms with Crippen molar-refractivity contribution in [3.63, 3.8) is 0 Å². The molecule has 0 aromatic carbocycles. The Bertz CT molecular complexity index is 663. The number of nitrogens with one attached hydrogen (secondary N) is 2. The van der Waals surface area contributed by atoms with Crippen molar-refractivity contribution < 1.29 is 4.79 Å². The third kappa shape index (κ3) is 4.04. The number of hydrogen-bond donors (Lipinski definition) is 2. The smallest absolute Gasteiger partial charge is 0.263 e. The molecule has 2 N–H and O–H groups in total. The first kappa shape index (κ1) is 17.8. The third-order valence-corrected chi connectivity index (χ3v) is 5.06. The molecule has 23 heavy (non-hydrogen) atoms. The molecule has 8 heteroatoms. The van der Waals surface area contributed by atoms with E-state index in [0.717, 1.165) is 25.2 Å². The highest BCUT2D eigenvalue weighted by Gasteiger charge is 2.25. The SMILES string of the molecule is Cc1nc(-c2ncccn2)sc1C(=O)NC1CNCCC1C.Cl. The highest BCUT2D eigenvalue weighted by atomic mass is 35.5. The second kappa shape index (κ2) is 7.81. The number of carbonyl (C=O) groups is 1. The minimum atomic E-state index is -0.0577. The molecule has 3 rings (SSSR count). The van der Waals surface area contributed by atoms with Gasteiger partial charge in [-0.05, 0) is 31.9 Å². The van der Waals surface area contributed by atoms with Crippen molar-refractivity contribution in [1.82, 2.24) is 25.6 Å². The molecule has 0 spiro atoms. The summed E-state index contributed by atoms with van der Waals surface area (Å²) in [6, 6.07) is 1.92. The molecular weight excluding hydrogens is 334 g/mol. The van der Waals surface area contributed by atoms with Gasteiger partial charge in [-0.2, -0.15) is 0 Å². The Morgan fingerprint density at radius 3 is 2.83 bits per heavy atom. The third-order valence-electron chi connectivity index (χ3n) is 3.90. The Balaban J connectivity index is 0.00000192. The van der Waals surface area contributed by atoms with Crippen LogP contribution in [0.4, 0.5) is 0 Å². The van der Waals surface area contributed by atoms with Crippen LogP contribution in [-0.4, -0.2) is 40.0 Å². The summed E-state index contributed by atoms with van der Waals surface area (Å²) in [5.74, 6) is 0.982. The maximum absolute atomic E-state index is 12.5. The Morgan fingerprint density at radius 1 is 1.39 bits per heavy atom. The number of aryl methyl sites for hydroxylation is 1. The van der Waals surface area contributed by atoms with Crippen LogP contribution < -0.4 is 10.6 Å². The molecule has 3 heterocycles. The zero-order valence-corrected chi connectivity index (χ0v) is 14.7. The average Bonchev–Trinajstić information content (AvgIpc) is 2.92. The van der Waals surface area contributed by atoms with Crippen molar-refractivity contribution in [2.45, 2.75) is 26.3 Å². The van der Waals surface area contributed by atoms with Crippen LogP contribution in [0.15, 0.2) is 18.5 Å². The molecule has 2 aromatic heterocycles. The number of halogens is 1. The van der Waals surface area contributed by atoms with Crippen molar-refractivity contribution in [3.05, 3.63) is 29.0 Å². The minimum absolute atomic E-state index is 0. The second-order valence-electron chi connectivity index (χ2n) is 5.56. The summed E-state index contributed by atoms with van der Waals surface area (Å²) < 4.78 is 0. The predicted molar refractivity (Wildman–Crippen MR) is 93.0 cm³/mol. The lowest BCUT2D eigenvalue weighted by molar-refractivity contribution is 0.0918. The van der Waals surface area contributed by atoms with E-state index in [9.17, 15) is 4.79 Å². The topological polar surface area (TPSA) is 79.8 Å². The zero-order valence-electron chi connectivity index (χ0n) is 13.1. The Hall–Kier alpha value is -1.57. The van der Waals surface area contributed by atoms with Crippen molar-refractivity contribution in [3.8, 4) is 10.8 Å². The van der Waals surface area contributed by atoms with E-state index >= 15 is 0 Å². The highest BCUT2D eigenvalue weighted by Crippen LogP contribution is 2.25. The normalized spacial score (nSPS) is 20.6. The van der Waals surface area contributed by atoms with Crippen LogP contribution in [0.3, 0.4) is 0 Å². The van der Waals surface area contributed by atoms with Gasteiger partial charge in [-0.1, -0.05) is 6.92 Å². The van der Waals surface area contributed by atoms with Gasteiger partial charge in [0.2, 0.25) is 0 Å². The van der Waals surface area contributed by atoms with Gasteiger partial charge in [-0.25, -0.2) is 15.0 Å². The monoisotopic (exact) mass is 353 g/mol. The van der Waals surface area contributed by atoms with Crippen LogP contribution in [0.1, 0.15) is 28.7 Å². The van der Waals surface area contributed by atoms with Gasteiger partial charge in [-0.3, -0.25) is 4.79 Å². The summed E-state index contributed by atoms with van der Waals surface area (Å²) in [5.41, 5.74) is 0.723. The summed E-state index contributed by atoms with van der Waals surface area (Å²) in [6.07, 6.45) is 4.43. The fraction of sp³-hybridized carbons (Fsp3) is 0.467. The van der Waals surface area contributed by atoms with E-state index in [1.807, 2.05) is 6.92 Å². The summed E-state index contributed by atoms with van der Waals surface area (Å²) >= 11 is 1.34. The van der Waals surface area contributed by atoms with Crippen LogP contribution in [0.2, 0.25) is 0 Å². The molecule has 0 aliphatic carbocycles. The number of amides is 1. The fourth-order valence-electron chi connectivity index (χ4n) is 2.53. The Kier molecular flexibility index (Phi) is 6.04. The van der Waals surface area contributed by atoms with Gasteiger partial charge < -0.3 is 10.6 Å². The number of nitrogens with zero attached hydrogens (tertiary/aromatic N) is 3. The van der Waals surface area contributed by atoms with E-state index in [2.05, 4.69) is 32.5 Å². The van der Waals surface area contributed by atoms with E-state index in [1.54, 1.807) is 18.5 Å². The summed E-state index contributed by atoms with van der Waals surface area (Å²) in [7, 11) is 0. The van der Waals surface area contributed by atoms with Gasteiger partial charge in [0, 0.05) is 25.0 Å². The second-order valence-corrected chi connectivity index (χ2v) is 6.56. The van der Waals surface area contributed by atoms with Crippen molar-refractivity contribution in [2.75, 3.05) is 13.1 Å². The Morgan fingerprint density at radius 2 is 2.13 bits per heavy atom. The minimum Gasteiger partial charge on any atom is -0.347 e. The lowest BCUT2D eigenvalue weighted by Crippen LogP contribution is -2.50. The van der Waals surface area contributed by atoms with Gasteiger partial charge in [-0.15, -0.1) is 23.7 Å². The van der Waals surface area contributed by atoms with Gasteiger partial charge in [0.1, 0.15) is 4.88 Å². The fourth-order valence-corrected chi connectivity index (χ4v) is 3.45. The molecule has 1 aliphatic rings. The molecule has 0 bridgehead atoms. The number of aromatic nitrogens is 3. The summed E-state index contributed by atoms with van der Waals surface area (Å²) in [5, 5.41) is 7.12. The van der Waals surface area contributed by atoms with Crippen molar-refractivity contribution in [1.29, 1.82) is 0 Å². The van der Waals surface area contributed by atoms with E-state index < -0.39 is 0 Å². The molecule has 2 atom stereocenters. The predicted octanol–water partition coefficient (Wildman–Crippen LogP) is 2.06. The van der Waals surface area contributed by atoms with Crippen LogP contribution in [0.25, 0.3) is 10.8 Å². The Labute approximate surface area is 145 Å². The zero-order chi connectivity index (χ0) is 15.5. The largest absolute Gasteiger partial charge is 0.347 e. The molecule has 1 fully saturated rings. The van der Waals surface area contributed by atoms with E-state index in [4.69, 9.17) is 0 Å². The number of thiazole rings is 1. The molecule has 1 aliphatic heterocycles. The molecule has 124 valence electrons. The van der Waals surface area contributed by atoms with Gasteiger partial charge in [0.15, 0.2) is 10.8 Å². The number of rotatable bonds is 3. The quantitative estimate of drug-likeness (QED) is 0.882. The molecule has 2 unspecified atom stereocenters. The molecule has 1 saturated heterocycles. The first-order chi connectivity index (χ1) is 10.6. The van der Waals surface area contributed by atoms with E-state index in [1.165, 1.54) is 11.3 Å². The summed E-state index contributed by atoms with van der Waals surface area (Å²) in [6.45, 7) is 5.86. The molecule has 2 aromatic rings. The molecule has 0 saturated carbocycles. The number of piperidine rings is 1. The standard InChI is InChI=1S/C15H19N5OS.ClH/c1-9-4-7-16-8-11(9)20-14(21)12-10(2)19-15(22-12)13-17-5-3-6-18-13;/h3,5-6,9,11,16H,4,7-8H2,1-2H3,(H,20,21);1H. The van der Waals surface area contributed by atoms with Crippen LogP contribution in [0.5, 0.6) is 0 Å². The number of hydrogen-bond acceptors (Lipinski definition) is 6. The van der Waals surface area contributed by atoms with Crippen LogP contribution in [0, 0.1) is 12.8 Å². The lowest BCUT2D eigenvalue weighted by Gasteiger charge is -2.30. The highest BCUT2D eigenvalue weighted by molar-refractivity contribution is 7.17. The summed E-state index contributed by atoms with van der Waals surface area (Å²) in [4.78, 5) is 26.0. The van der Waals surface area contributed by atoms with Crippen molar-refractivity contribution in [2.24, 2.45) is 5.92 Å². The molecule has 0 radical (unpaired) electrons. The van der Waals surface area contributed by atoms with Gasteiger partial charge >= 0.3 is 0 Å². The van der Waals surface area contributed by atoms with Gasteiger partial charge in [0.25, 0.3) is 5.91 Å². The maximum Gasteiger partial charge on any atom is 0.263 e. The average molecular weight is 354 g/mol. The molecule has 6 nitrogen and oxygen atoms in total. The maximum atomic E-state index is 12.5. The van der Waals surface area contributed by atoms with Crippen LogP contribution >= 0.6 is 23.7 Å². The lowest BCUT2D eigenvalue weighted by atomic mass is 9.95. The van der Waals surface area contributed by atoms with Crippen LogP contribution in [-0.2, 0) is 0 Å². The first-order valence-electron chi connectivity index (χ1n) is 7.41. The van der Waals surface area contributed by atoms with Crippen molar-refractivity contribution >= 4 is 29.7 Å². The first-order valence-corrected chi connectivity index (χ1v) is 8.23. The van der Waals surface area contributed by atoms with Gasteiger partial charge in [0.05, 0.1) is 5.69 Å². The van der Waals surface area contributed by atoms with E-state index in [-0.39, 0.29) is 24.4 Å². The molecular formula is C15H20ClN5OS.